The molecule has 32 heavy (non-hydrogen) atoms. The van der Waals surface area contributed by atoms with Crippen LogP contribution in [0.15, 0.2) is 59.6 Å². The van der Waals surface area contributed by atoms with Crippen LogP contribution >= 0.6 is 24.0 Å². The summed E-state index contributed by atoms with van der Waals surface area (Å²) in [7, 11) is 0. The van der Waals surface area contributed by atoms with Crippen LogP contribution in [-0.2, 0) is 6.54 Å². The molecule has 2 aromatic rings. The summed E-state index contributed by atoms with van der Waals surface area (Å²) in [5, 5.41) is 16.3. The number of rotatable bonds is 8. The van der Waals surface area contributed by atoms with Crippen molar-refractivity contribution in [1.29, 1.82) is 0 Å². The zero-order valence-corrected chi connectivity index (χ0v) is 21.1. The molecule has 0 saturated carbocycles. The van der Waals surface area contributed by atoms with Crippen LogP contribution in [0.25, 0.3) is 0 Å². The molecular weight excluding hydrogens is 515 g/mol. The Kier molecular flexibility index (Phi) is 11.5. The van der Waals surface area contributed by atoms with Crippen molar-refractivity contribution in [1.82, 2.24) is 15.5 Å². The summed E-state index contributed by atoms with van der Waals surface area (Å²) in [6.07, 6.45) is 3.41. The summed E-state index contributed by atoms with van der Waals surface area (Å²) in [6.45, 7) is 5.69. The number of guanidine groups is 1. The summed E-state index contributed by atoms with van der Waals surface area (Å²) >= 11 is 0. The lowest BCUT2D eigenvalue weighted by Crippen LogP contribution is -2.39. The first kappa shape index (κ1) is 26.1. The molecule has 1 amide bonds. The van der Waals surface area contributed by atoms with Crippen molar-refractivity contribution in [3.05, 3.63) is 71.3 Å². The largest absolute Gasteiger partial charge is 0.396 e. The van der Waals surface area contributed by atoms with Crippen LogP contribution in [0.4, 0.5) is 0 Å². The molecule has 0 bridgehead atoms. The van der Waals surface area contributed by atoms with Crippen molar-refractivity contribution >= 4 is 35.8 Å². The van der Waals surface area contributed by atoms with Gasteiger partial charge in [-0.3, -0.25) is 4.79 Å². The van der Waals surface area contributed by atoms with Crippen LogP contribution in [-0.4, -0.2) is 54.7 Å². The van der Waals surface area contributed by atoms with Crippen molar-refractivity contribution in [3.8, 4) is 0 Å². The molecule has 0 aromatic heterocycles. The van der Waals surface area contributed by atoms with Gasteiger partial charge in [0.25, 0.3) is 5.91 Å². The van der Waals surface area contributed by atoms with E-state index in [9.17, 15) is 9.90 Å². The van der Waals surface area contributed by atoms with Gasteiger partial charge in [-0.05, 0) is 49.4 Å². The normalized spacial score (nSPS) is 14.9. The highest BCUT2D eigenvalue weighted by atomic mass is 127. The zero-order valence-electron chi connectivity index (χ0n) is 18.8. The number of aliphatic hydroxyl groups is 1. The standard InChI is InChI=1S/C25H34N4O2.HI/c1-2-26-25(28-18-23(19-30)21-9-5-3-6-10-21)27-17-20-11-13-22(14-12-20)24(31)29-15-7-4-8-16-29;/h3,5-6,9-14,23,30H,2,4,7-8,15-19H2,1H3,(H2,26,27,28);1H. The molecule has 174 valence electrons. The van der Waals surface area contributed by atoms with Crippen molar-refractivity contribution in [2.24, 2.45) is 4.99 Å². The number of benzene rings is 2. The second-order valence-corrected chi connectivity index (χ2v) is 7.92. The smallest absolute Gasteiger partial charge is 0.253 e. The van der Waals surface area contributed by atoms with Crippen molar-refractivity contribution in [3.63, 3.8) is 0 Å². The van der Waals surface area contributed by atoms with E-state index in [0.717, 1.165) is 49.2 Å². The molecule has 7 heteroatoms. The summed E-state index contributed by atoms with van der Waals surface area (Å²) in [6, 6.07) is 17.8. The van der Waals surface area contributed by atoms with Gasteiger partial charge in [0.2, 0.25) is 0 Å². The average Bonchev–Trinajstić information content (AvgIpc) is 2.84. The number of carbonyl (C=O) groups is 1. The van der Waals surface area contributed by atoms with Crippen LogP contribution in [0, 0.1) is 0 Å². The number of halogens is 1. The molecule has 0 aliphatic carbocycles. The van der Waals surface area contributed by atoms with E-state index in [-0.39, 0.29) is 42.4 Å². The lowest BCUT2D eigenvalue weighted by Gasteiger charge is -2.26. The molecule has 1 fully saturated rings. The Hall–Kier alpha value is -2.13. The topological polar surface area (TPSA) is 77.0 Å². The minimum absolute atomic E-state index is 0. The molecule has 1 aliphatic rings. The highest BCUT2D eigenvalue weighted by molar-refractivity contribution is 14.0. The monoisotopic (exact) mass is 550 g/mol. The first-order chi connectivity index (χ1) is 15.2. The number of aliphatic imine (C=N–C) groups is 1. The molecule has 3 rings (SSSR count). The summed E-state index contributed by atoms with van der Waals surface area (Å²) in [5.74, 6) is 0.844. The van der Waals surface area contributed by atoms with E-state index in [1.165, 1.54) is 6.42 Å². The van der Waals surface area contributed by atoms with Crippen LogP contribution < -0.4 is 10.6 Å². The molecular formula is C25H35IN4O2. The van der Waals surface area contributed by atoms with E-state index in [1.54, 1.807) is 0 Å². The Morgan fingerprint density at radius 3 is 2.34 bits per heavy atom. The van der Waals surface area contributed by atoms with E-state index in [0.29, 0.717) is 19.0 Å². The van der Waals surface area contributed by atoms with E-state index >= 15 is 0 Å². The Morgan fingerprint density at radius 1 is 1.03 bits per heavy atom. The van der Waals surface area contributed by atoms with Gasteiger partial charge in [-0.25, -0.2) is 4.99 Å². The first-order valence-electron chi connectivity index (χ1n) is 11.3. The van der Waals surface area contributed by atoms with Crippen molar-refractivity contribution in [2.75, 3.05) is 32.8 Å². The molecule has 1 aliphatic heterocycles. The summed E-state index contributed by atoms with van der Waals surface area (Å²) < 4.78 is 0. The number of nitrogens with zero attached hydrogens (tertiary/aromatic N) is 2. The van der Waals surface area contributed by atoms with Crippen LogP contribution in [0.1, 0.15) is 53.6 Å². The number of carbonyl (C=O) groups excluding carboxylic acids is 1. The Balaban J connectivity index is 0.00000363. The van der Waals surface area contributed by atoms with Crippen LogP contribution in [0.5, 0.6) is 0 Å². The van der Waals surface area contributed by atoms with Gasteiger partial charge in [0.1, 0.15) is 0 Å². The van der Waals surface area contributed by atoms with Crippen molar-refractivity contribution in [2.45, 2.75) is 38.6 Å². The lowest BCUT2D eigenvalue weighted by molar-refractivity contribution is 0.0724. The summed E-state index contributed by atoms with van der Waals surface area (Å²) in [4.78, 5) is 19.2. The lowest BCUT2D eigenvalue weighted by atomic mass is 10.0. The Bertz CT molecular complexity index is 837. The van der Waals surface area contributed by atoms with Crippen molar-refractivity contribution < 1.29 is 9.90 Å². The average molecular weight is 550 g/mol. The zero-order chi connectivity index (χ0) is 21.9. The molecule has 3 N–H and O–H groups in total. The van der Waals surface area contributed by atoms with Crippen LogP contribution in [0.2, 0.25) is 0 Å². The second kappa shape index (κ2) is 14.1. The molecule has 2 aromatic carbocycles. The van der Waals surface area contributed by atoms with Gasteiger partial charge in [0, 0.05) is 37.7 Å². The van der Waals surface area contributed by atoms with E-state index in [4.69, 9.17) is 0 Å². The van der Waals surface area contributed by atoms with E-state index in [2.05, 4.69) is 15.6 Å². The van der Waals surface area contributed by atoms with Gasteiger partial charge in [-0.1, -0.05) is 42.5 Å². The predicted molar refractivity (Wildman–Crippen MR) is 141 cm³/mol. The molecule has 1 heterocycles. The van der Waals surface area contributed by atoms with Gasteiger partial charge >= 0.3 is 0 Å². The second-order valence-electron chi connectivity index (χ2n) is 7.92. The Labute approximate surface area is 208 Å². The minimum Gasteiger partial charge on any atom is -0.396 e. The fourth-order valence-electron chi connectivity index (χ4n) is 3.78. The maximum Gasteiger partial charge on any atom is 0.253 e. The van der Waals surface area contributed by atoms with E-state index < -0.39 is 0 Å². The maximum absolute atomic E-state index is 12.6. The van der Waals surface area contributed by atoms with E-state index in [1.807, 2.05) is 66.4 Å². The number of nitrogens with one attached hydrogen (secondary N) is 2. The van der Waals surface area contributed by atoms with Gasteiger partial charge in [-0.2, -0.15) is 0 Å². The first-order valence-corrected chi connectivity index (χ1v) is 11.3. The van der Waals surface area contributed by atoms with Gasteiger partial charge < -0.3 is 20.6 Å². The maximum atomic E-state index is 12.6. The third-order valence-corrected chi connectivity index (χ3v) is 5.62. The van der Waals surface area contributed by atoms with Gasteiger partial charge in [0.05, 0.1) is 13.2 Å². The minimum atomic E-state index is 0. The molecule has 6 nitrogen and oxygen atoms in total. The third-order valence-electron chi connectivity index (χ3n) is 5.62. The number of piperidine rings is 1. The number of amides is 1. The number of aliphatic hydroxyl groups excluding tert-OH is 1. The highest BCUT2D eigenvalue weighted by Gasteiger charge is 2.17. The molecule has 0 radical (unpaired) electrons. The molecule has 1 saturated heterocycles. The quantitative estimate of drug-likeness (QED) is 0.266. The number of hydrogen-bond donors (Lipinski definition) is 3. The SMILES string of the molecule is CCNC(=NCc1ccc(C(=O)N2CCCCC2)cc1)NCC(CO)c1ccccc1.I. The highest BCUT2D eigenvalue weighted by Crippen LogP contribution is 2.15. The summed E-state index contributed by atoms with van der Waals surface area (Å²) in [5.41, 5.74) is 2.89. The number of likely N-dealkylation sites (tertiary alicyclic amines) is 1. The third kappa shape index (κ3) is 7.78. The number of hydrogen-bond acceptors (Lipinski definition) is 3. The van der Waals surface area contributed by atoms with Gasteiger partial charge in [-0.15, -0.1) is 24.0 Å². The molecule has 0 spiro atoms. The predicted octanol–water partition coefficient (Wildman–Crippen LogP) is 3.76. The molecule has 1 unspecified atom stereocenters. The fraction of sp³-hybridized carbons (Fsp3) is 0.440. The fourth-order valence-corrected chi connectivity index (χ4v) is 3.78. The molecule has 1 atom stereocenters. The Morgan fingerprint density at radius 2 is 1.72 bits per heavy atom. The van der Waals surface area contributed by atoms with Crippen LogP contribution in [0.3, 0.4) is 0 Å². The van der Waals surface area contributed by atoms with Gasteiger partial charge in [0.15, 0.2) is 5.96 Å².